The van der Waals surface area contributed by atoms with Crippen molar-refractivity contribution < 1.29 is 4.79 Å². The molecule has 5 heteroatoms. The van der Waals surface area contributed by atoms with E-state index in [2.05, 4.69) is 12.2 Å². The lowest BCUT2D eigenvalue weighted by molar-refractivity contribution is 0.0923. The minimum atomic E-state index is -0.0993. The predicted octanol–water partition coefficient (Wildman–Crippen LogP) is 4.36. The molecule has 1 aromatic heterocycles. The van der Waals surface area contributed by atoms with Gasteiger partial charge in [-0.3, -0.25) is 4.79 Å². The fourth-order valence-electron chi connectivity index (χ4n) is 2.16. The minimum absolute atomic E-state index is 0.0993. The highest BCUT2D eigenvalue weighted by molar-refractivity contribution is 7.20. The maximum atomic E-state index is 12.0. The van der Waals surface area contributed by atoms with Gasteiger partial charge in [0, 0.05) is 6.04 Å². The smallest absolute Gasteiger partial charge is 0.253 e. The van der Waals surface area contributed by atoms with Crippen LogP contribution in [0.15, 0.2) is 6.07 Å². The monoisotopic (exact) mass is 291 g/mol. The number of thiophene rings is 1. The molecule has 1 aliphatic rings. The molecule has 1 heterocycles. The highest BCUT2D eigenvalue weighted by Crippen LogP contribution is 2.31. The first-order valence-corrected chi connectivity index (χ1v) is 7.39. The summed E-state index contributed by atoms with van der Waals surface area (Å²) in [6.07, 6.45) is 4.48. The Hall–Kier alpha value is -0.250. The molecule has 2 rings (SSSR count). The van der Waals surface area contributed by atoms with Crippen molar-refractivity contribution in [1.29, 1.82) is 0 Å². The van der Waals surface area contributed by atoms with Crippen LogP contribution in [0.25, 0.3) is 0 Å². The Morgan fingerprint density at radius 3 is 2.53 bits per heavy atom. The molecule has 0 bridgehead atoms. The van der Waals surface area contributed by atoms with E-state index in [0.717, 1.165) is 18.8 Å². The molecular weight excluding hydrogens is 277 g/mol. The van der Waals surface area contributed by atoms with Crippen molar-refractivity contribution in [1.82, 2.24) is 5.32 Å². The van der Waals surface area contributed by atoms with Gasteiger partial charge in [0.25, 0.3) is 5.91 Å². The van der Waals surface area contributed by atoms with Crippen LogP contribution in [0.4, 0.5) is 0 Å². The van der Waals surface area contributed by atoms with E-state index in [1.54, 1.807) is 6.07 Å². The zero-order chi connectivity index (χ0) is 12.4. The fraction of sp³-hybridized carbons (Fsp3) is 0.583. The van der Waals surface area contributed by atoms with Crippen molar-refractivity contribution in [2.24, 2.45) is 5.92 Å². The number of rotatable bonds is 2. The van der Waals surface area contributed by atoms with Gasteiger partial charge in [0.1, 0.15) is 4.34 Å². The van der Waals surface area contributed by atoms with E-state index in [0.29, 0.717) is 14.2 Å². The van der Waals surface area contributed by atoms with Crippen LogP contribution < -0.4 is 5.32 Å². The summed E-state index contributed by atoms with van der Waals surface area (Å²) in [5.74, 6) is 0.681. The standard InChI is InChI=1S/C12H15Cl2NOS/c1-7-2-4-8(5-3-7)15-12(16)9-6-10(13)17-11(9)14/h6-8H,2-5H2,1H3,(H,15,16). The number of carbonyl (C=O) groups is 1. The molecule has 0 aliphatic heterocycles. The molecule has 1 aliphatic carbocycles. The molecule has 0 spiro atoms. The fourth-order valence-corrected chi connectivity index (χ4v) is 3.62. The summed E-state index contributed by atoms with van der Waals surface area (Å²) in [5, 5.41) is 3.03. The van der Waals surface area contributed by atoms with E-state index >= 15 is 0 Å². The van der Waals surface area contributed by atoms with Crippen LogP contribution in [0, 0.1) is 5.92 Å². The first-order chi connectivity index (χ1) is 8.06. The summed E-state index contributed by atoms with van der Waals surface area (Å²) in [5.41, 5.74) is 0.500. The molecule has 1 amide bonds. The molecular formula is C12H15Cl2NOS. The summed E-state index contributed by atoms with van der Waals surface area (Å²) in [6.45, 7) is 2.26. The average molecular weight is 292 g/mol. The van der Waals surface area contributed by atoms with Crippen molar-refractivity contribution in [3.63, 3.8) is 0 Å². The quantitative estimate of drug-likeness (QED) is 0.862. The number of hydrogen-bond donors (Lipinski definition) is 1. The minimum Gasteiger partial charge on any atom is -0.349 e. The molecule has 1 saturated carbocycles. The molecule has 17 heavy (non-hydrogen) atoms. The van der Waals surface area contributed by atoms with E-state index in [4.69, 9.17) is 23.2 Å². The maximum Gasteiger partial charge on any atom is 0.253 e. The van der Waals surface area contributed by atoms with Gasteiger partial charge < -0.3 is 5.32 Å². The zero-order valence-corrected chi connectivity index (χ0v) is 12.0. The third-order valence-corrected chi connectivity index (χ3v) is 4.74. The van der Waals surface area contributed by atoms with E-state index in [1.807, 2.05) is 0 Å². The molecule has 2 nitrogen and oxygen atoms in total. The Morgan fingerprint density at radius 1 is 1.35 bits per heavy atom. The van der Waals surface area contributed by atoms with Gasteiger partial charge in [-0.15, -0.1) is 11.3 Å². The third kappa shape index (κ3) is 3.36. The normalized spacial score (nSPS) is 24.6. The first kappa shape index (κ1) is 13.2. The lowest BCUT2D eigenvalue weighted by atomic mass is 9.87. The Labute approximate surface area is 115 Å². The van der Waals surface area contributed by atoms with Gasteiger partial charge in [-0.25, -0.2) is 0 Å². The van der Waals surface area contributed by atoms with Gasteiger partial charge in [0.15, 0.2) is 0 Å². The second-order valence-corrected chi connectivity index (χ2v) is 6.95. The van der Waals surface area contributed by atoms with Crippen LogP contribution in [0.2, 0.25) is 8.67 Å². The molecule has 0 aromatic carbocycles. The largest absolute Gasteiger partial charge is 0.349 e. The highest BCUT2D eigenvalue weighted by atomic mass is 35.5. The summed E-state index contributed by atoms with van der Waals surface area (Å²) >= 11 is 13.0. The van der Waals surface area contributed by atoms with Crippen LogP contribution in [-0.2, 0) is 0 Å². The summed E-state index contributed by atoms with van der Waals surface area (Å²) < 4.78 is 1.02. The number of amides is 1. The molecule has 0 atom stereocenters. The number of nitrogens with one attached hydrogen (secondary N) is 1. The molecule has 0 unspecified atom stereocenters. The molecule has 0 radical (unpaired) electrons. The van der Waals surface area contributed by atoms with Crippen molar-refractivity contribution >= 4 is 40.4 Å². The average Bonchev–Trinajstić information content (AvgIpc) is 2.61. The molecule has 1 N–H and O–H groups in total. The van der Waals surface area contributed by atoms with E-state index < -0.39 is 0 Å². The third-order valence-electron chi connectivity index (χ3n) is 3.25. The topological polar surface area (TPSA) is 29.1 Å². The number of halogens is 2. The SMILES string of the molecule is CC1CCC(NC(=O)c2cc(Cl)sc2Cl)CC1. The van der Waals surface area contributed by atoms with E-state index in [9.17, 15) is 4.79 Å². The highest BCUT2D eigenvalue weighted by Gasteiger charge is 2.22. The summed E-state index contributed by atoms with van der Waals surface area (Å²) in [7, 11) is 0. The van der Waals surface area contributed by atoms with E-state index in [-0.39, 0.29) is 11.9 Å². The number of carbonyl (C=O) groups excluding carboxylic acids is 1. The van der Waals surface area contributed by atoms with Crippen LogP contribution in [0.3, 0.4) is 0 Å². The summed E-state index contributed by atoms with van der Waals surface area (Å²) in [6, 6.07) is 1.92. The Kier molecular flexibility index (Phi) is 4.34. The second kappa shape index (κ2) is 5.59. The zero-order valence-electron chi connectivity index (χ0n) is 9.63. The van der Waals surface area contributed by atoms with Crippen LogP contribution in [0.5, 0.6) is 0 Å². The van der Waals surface area contributed by atoms with Gasteiger partial charge in [-0.2, -0.15) is 0 Å². The van der Waals surface area contributed by atoms with Crippen molar-refractivity contribution in [2.45, 2.75) is 38.6 Å². The van der Waals surface area contributed by atoms with Gasteiger partial charge in [0.2, 0.25) is 0 Å². The molecule has 0 saturated heterocycles. The molecule has 1 fully saturated rings. The predicted molar refractivity (Wildman–Crippen MR) is 73.2 cm³/mol. The Bertz CT molecular complexity index is 411. The lowest BCUT2D eigenvalue weighted by Gasteiger charge is -2.26. The van der Waals surface area contributed by atoms with Gasteiger partial charge in [-0.1, -0.05) is 30.1 Å². The van der Waals surface area contributed by atoms with E-state index in [1.165, 1.54) is 24.2 Å². The van der Waals surface area contributed by atoms with Crippen LogP contribution in [0.1, 0.15) is 43.0 Å². The van der Waals surface area contributed by atoms with Crippen LogP contribution in [-0.4, -0.2) is 11.9 Å². The molecule has 94 valence electrons. The van der Waals surface area contributed by atoms with Crippen molar-refractivity contribution in [3.05, 3.63) is 20.3 Å². The van der Waals surface area contributed by atoms with Crippen molar-refractivity contribution in [2.75, 3.05) is 0 Å². The second-order valence-electron chi connectivity index (χ2n) is 4.67. The number of hydrogen-bond acceptors (Lipinski definition) is 2. The maximum absolute atomic E-state index is 12.0. The Balaban J connectivity index is 1.95. The van der Waals surface area contributed by atoms with Crippen molar-refractivity contribution in [3.8, 4) is 0 Å². The lowest BCUT2D eigenvalue weighted by Crippen LogP contribution is -2.37. The van der Waals surface area contributed by atoms with Gasteiger partial charge in [0.05, 0.1) is 9.90 Å². The van der Waals surface area contributed by atoms with Gasteiger partial charge in [-0.05, 0) is 37.7 Å². The van der Waals surface area contributed by atoms with Gasteiger partial charge >= 0.3 is 0 Å². The summed E-state index contributed by atoms with van der Waals surface area (Å²) in [4.78, 5) is 12.0. The van der Waals surface area contributed by atoms with Crippen LogP contribution >= 0.6 is 34.5 Å². The Morgan fingerprint density at radius 2 is 2.00 bits per heavy atom. The first-order valence-electron chi connectivity index (χ1n) is 5.82. The molecule has 1 aromatic rings.